The molecule has 3 aromatic rings. The third-order valence-corrected chi connectivity index (χ3v) is 11.0. The first-order valence-corrected chi connectivity index (χ1v) is 17.9. The highest BCUT2D eigenvalue weighted by atomic mass is 31.3. The van der Waals surface area contributed by atoms with Crippen molar-refractivity contribution in [2.24, 2.45) is 4.52 Å². The van der Waals surface area contributed by atoms with E-state index < -0.39 is 24.7 Å². The Hall–Kier alpha value is -2.14. The molecule has 0 spiro atoms. The van der Waals surface area contributed by atoms with Crippen LogP contribution in [0.1, 0.15) is 56.7 Å². The Morgan fingerprint density at radius 1 is 0.732 bits per heavy atom. The van der Waals surface area contributed by atoms with E-state index >= 15 is 0 Å². The van der Waals surface area contributed by atoms with Crippen LogP contribution >= 0.6 is 24.7 Å². The van der Waals surface area contributed by atoms with E-state index in [9.17, 15) is 0 Å². The van der Waals surface area contributed by atoms with Gasteiger partial charge in [-0.2, -0.15) is 4.52 Å². The van der Waals surface area contributed by atoms with Gasteiger partial charge >= 0.3 is 24.7 Å². The summed E-state index contributed by atoms with van der Waals surface area (Å²) < 4.78 is 43.2. The zero-order chi connectivity index (χ0) is 29.5. The molecule has 0 bridgehead atoms. The van der Waals surface area contributed by atoms with Gasteiger partial charge in [0.25, 0.3) is 0 Å². The van der Waals surface area contributed by atoms with Crippen molar-refractivity contribution in [1.29, 1.82) is 0 Å². The maximum atomic E-state index is 6.65. The SMILES string of the molecule is CCCOP(N[P+](N=[P+](OCCC)Oc1cccc(C)c1)(OCCC)Oc1cccc(C)c1)Oc1cccc(C)c1. The zero-order valence-electron chi connectivity index (χ0n) is 24.9. The normalized spacial score (nSPS) is 13.9. The van der Waals surface area contributed by atoms with Crippen molar-refractivity contribution in [3.05, 3.63) is 89.5 Å². The van der Waals surface area contributed by atoms with Crippen molar-refractivity contribution in [3.8, 4) is 17.2 Å². The zero-order valence-corrected chi connectivity index (χ0v) is 27.6. The van der Waals surface area contributed by atoms with E-state index in [1.807, 2.05) is 107 Å². The molecule has 0 saturated heterocycles. The van der Waals surface area contributed by atoms with Crippen LogP contribution in [0.2, 0.25) is 0 Å². The van der Waals surface area contributed by atoms with Gasteiger partial charge in [-0.3, -0.25) is 4.52 Å². The Balaban J connectivity index is 2.09. The first-order valence-electron chi connectivity index (χ1n) is 14.0. The molecule has 0 saturated carbocycles. The van der Waals surface area contributed by atoms with Gasteiger partial charge in [0.2, 0.25) is 4.52 Å². The van der Waals surface area contributed by atoms with E-state index in [0.717, 1.165) is 36.0 Å². The van der Waals surface area contributed by atoms with Crippen LogP contribution in [0.4, 0.5) is 0 Å². The second-order valence-electron chi connectivity index (χ2n) is 9.43. The van der Waals surface area contributed by atoms with Crippen LogP contribution < -0.4 is 18.4 Å². The molecule has 0 aliphatic heterocycles. The minimum atomic E-state index is -3.31. The van der Waals surface area contributed by atoms with Crippen molar-refractivity contribution in [1.82, 2.24) is 4.86 Å². The molecule has 3 atom stereocenters. The number of benzene rings is 3. The molecular weight excluding hydrogens is 577 g/mol. The third-order valence-electron chi connectivity index (χ3n) is 5.26. The molecule has 1 N–H and O–H groups in total. The second kappa shape index (κ2) is 17.7. The summed E-state index contributed by atoms with van der Waals surface area (Å²) in [7, 11) is -6.84. The molecule has 0 amide bonds. The van der Waals surface area contributed by atoms with Crippen LogP contribution in [0.25, 0.3) is 0 Å². The lowest BCUT2D eigenvalue weighted by Crippen LogP contribution is -2.21. The summed E-state index contributed by atoms with van der Waals surface area (Å²) in [6.07, 6.45) is 2.38. The van der Waals surface area contributed by atoms with E-state index in [1.54, 1.807) is 0 Å². The Morgan fingerprint density at radius 3 is 1.90 bits per heavy atom. The third kappa shape index (κ3) is 11.9. The van der Waals surface area contributed by atoms with Crippen molar-refractivity contribution < 1.29 is 27.1 Å². The maximum absolute atomic E-state index is 6.65. The molecule has 222 valence electrons. The monoisotopic (exact) mass is 620 g/mol. The lowest BCUT2D eigenvalue weighted by atomic mass is 10.2. The molecule has 41 heavy (non-hydrogen) atoms. The lowest BCUT2D eigenvalue weighted by Gasteiger charge is -2.21. The molecule has 0 aromatic heterocycles. The van der Waals surface area contributed by atoms with Gasteiger partial charge in [-0.05, 0) is 98.0 Å². The molecular formula is C30H43N2O6P3+2. The largest absolute Gasteiger partial charge is 0.660 e. The Morgan fingerprint density at radius 2 is 1.29 bits per heavy atom. The van der Waals surface area contributed by atoms with E-state index in [2.05, 4.69) is 11.8 Å². The van der Waals surface area contributed by atoms with Crippen LogP contribution in [0, 0.1) is 20.8 Å². The lowest BCUT2D eigenvalue weighted by molar-refractivity contribution is 0.280. The van der Waals surface area contributed by atoms with Gasteiger partial charge < -0.3 is 9.05 Å². The molecule has 11 heteroatoms. The molecule has 3 rings (SSSR count). The fourth-order valence-electron chi connectivity index (χ4n) is 3.39. The van der Waals surface area contributed by atoms with Gasteiger partial charge in [-0.15, -0.1) is 4.52 Å². The summed E-state index contributed by atoms with van der Waals surface area (Å²) in [5, 5.41) is 0. The Kier molecular flexibility index (Phi) is 14.4. The first kappa shape index (κ1) is 33.4. The van der Waals surface area contributed by atoms with Crippen LogP contribution in [0.3, 0.4) is 0 Å². The average Bonchev–Trinajstić information content (AvgIpc) is 2.93. The van der Waals surface area contributed by atoms with Crippen LogP contribution in [0.5, 0.6) is 17.2 Å². The molecule has 0 aliphatic rings. The molecule has 0 aliphatic carbocycles. The summed E-state index contributed by atoms with van der Waals surface area (Å²) in [6.45, 7) is 13.6. The summed E-state index contributed by atoms with van der Waals surface area (Å²) in [6, 6.07) is 23.5. The highest BCUT2D eigenvalue weighted by Gasteiger charge is 2.57. The van der Waals surface area contributed by atoms with Crippen LogP contribution in [-0.2, 0) is 13.6 Å². The van der Waals surface area contributed by atoms with E-state index in [4.69, 9.17) is 31.7 Å². The molecule has 0 heterocycles. The van der Waals surface area contributed by atoms with E-state index in [1.165, 1.54) is 0 Å². The van der Waals surface area contributed by atoms with Gasteiger partial charge in [-0.25, -0.2) is 4.52 Å². The standard InChI is InChI=1S/C30H43N2O6P3/c1-7-19-33-39(36-28-16-10-13-25(4)22-28)31-41(35-21-9-3,38-30-18-12-15-27(6)24-30)32-40(34-20-8-2)37-29-17-11-14-26(5)23-29/h10-18,22-24,31H,7-9,19-21H2,1-6H3/q+2. The first-order chi connectivity index (χ1) is 19.8. The minimum Gasteiger partial charge on any atom is -0.434 e. The van der Waals surface area contributed by atoms with E-state index in [-0.39, 0.29) is 0 Å². The van der Waals surface area contributed by atoms with Gasteiger partial charge in [-0.1, -0.05) is 57.2 Å². The summed E-state index contributed by atoms with van der Waals surface area (Å²) in [5.41, 5.74) is 3.21. The smallest absolute Gasteiger partial charge is 0.434 e. The van der Waals surface area contributed by atoms with Gasteiger partial charge in [0.15, 0.2) is 11.5 Å². The topological polar surface area (TPSA) is 79.8 Å². The molecule has 8 nitrogen and oxygen atoms in total. The van der Waals surface area contributed by atoms with Crippen molar-refractivity contribution >= 4 is 24.7 Å². The second-order valence-corrected chi connectivity index (χ2v) is 14.3. The number of nitrogens with zero attached hydrogens (tertiary/aromatic N) is 1. The molecule has 0 fully saturated rings. The minimum absolute atomic E-state index is 0.402. The predicted octanol–water partition coefficient (Wildman–Crippen LogP) is 10.4. The van der Waals surface area contributed by atoms with Crippen molar-refractivity contribution in [2.75, 3.05) is 19.8 Å². The Labute approximate surface area is 248 Å². The Bertz CT molecular complexity index is 1250. The van der Waals surface area contributed by atoms with Crippen molar-refractivity contribution in [3.63, 3.8) is 0 Å². The van der Waals surface area contributed by atoms with Gasteiger partial charge in [0.05, 0.1) is 13.2 Å². The number of nitrogens with one attached hydrogen (secondary N) is 1. The molecule has 3 unspecified atom stereocenters. The fourth-order valence-corrected chi connectivity index (χ4v) is 9.27. The average molecular weight is 621 g/mol. The fraction of sp³-hybridized carbons (Fsp3) is 0.400. The highest BCUT2D eigenvalue weighted by molar-refractivity contribution is 7.75. The number of rotatable bonds is 18. The predicted molar refractivity (Wildman–Crippen MR) is 170 cm³/mol. The van der Waals surface area contributed by atoms with Gasteiger partial charge in [0, 0.05) is 0 Å². The number of hydrogen-bond acceptors (Lipinski definition) is 8. The highest BCUT2D eigenvalue weighted by Crippen LogP contribution is 2.67. The quantitative estimate of drug-likeness (QED) is 0.142. The molecule has 0 radical (unpaired) electrons. The maximum Gasteiger partial charge on any atom is 0.660 e. The van der Waals surface area contributed by atoms with Crippen molar-refractivity contribution in [2.45, 2.75) is 60.8 Å². The van der Waals surface area contributed by atoms with E-state index in [0.29, 0.717) is 37.1 Å². The van der Waals surface area contributed by atoms with Gasteiger partial charge in [0.1, 0.15) is 12.4 Å². The number of hydrogen-bond donors (Lipinski definition) is 1. The summed E-state index contributed by atoms with van der Waals surface area (Å²) in [4.78, 5) is 3.45. The molecule has 3 aromatic carbocycles. The summed E-state index contributed by atoms with van der Waals surface area (Å²) >= 11 is 0. The van der Waals surface area contributed by atoms with Crippen LogP contribution in [0.15, 0.2) is 77.3 Å². The number of aryl methyl sites for hydroxylation is 3. The summed E-state index contributed by atoms with van der Waals surface area (Å²) in [5.74, 6) is 1.97. The van der Waals surface area contributed by atoms with Crippen LogP contribution in [-0.4, -0.2) is 19.8 Å².